The molecule has 0 aliphatic heterocycles. The molecular weight excluding hydrogens is 544 g/mol. The largest absolute Gasteiger partial charge is 0.355 e. The Bertz CT molecular complexity index is 1680. The Labute approximate surface area is 272 Å². The molecule has 2 heteroatoms. The Kier molecular flexibility index (Phi) is 8.73. The molecule has 45 heavy (non-hydrogen) atoms. The van der Waals surface area contributed by atoms with Gasteiger partial charge in [0.1, 0.15) is 0 Å². The van der Waals surface area contributed by atoms with Crippen molar-refractivity contribution < 1.29 is 0 Å². The minimum atomic E-state index is 0.0597. The number of hydrogen-bond acceptors (Lipinski definition) is 2. The number of aryl methyl sites for hydroxylation is 1. The summed E-state index contributed by atoms with van der Waals surface area (Å²) in [4.78, 5) is 2.37. The average molecular weight is 595 g/mol. The minimum Gasteiger partial charge on any atom is -0.355 e. The van der Waals surface area contributed by atoms with Gasteiger partial charge < -0.3 is 10.2 Å². The van der Waals surface area contributed by atoms with Crippen molar-refractivity contribution in [2.75, 3.05) is 10.2 Å². The lowest BCUT2D eigenvalue weighted by atomic mass is 9.85. The van der Waals surface area contributed by atoms with Gasteiger partial charge in [-0.3, -0.25) is 0 Å². The Morgan fingerprint density at radius 2 is 0.956 bits per heavy atom. The molecule has 0 saturated carbocycles. The number of anilines is 5. The Morgan fingerprint density at radius 1 is 0.467 bits per heavy atom. The van der Waals surface area contributed by atoms with Gasteiger partial charge in [-0.25, -0.2) is 0 Å². The lowest BCUT2D eigenvalue weighted by molar-refractivity contribution is 0.590. The van der Waals surface area contributed by atoms with E-state index >= 15 is 0 Å². The monoisotopic (exact) mass is 594 g/mol. The molecule has 232 valence electrons. The van der Waals surface area contributed by atoms with Crippen molar-refractivity contribution in [3.8, 4) is 11.1 Å². The number of rotatable bonds is 6. The molecule has 0 radical (unpaired) electrons. The summed E-state index contributed by atoms with van der Waals surface area (Å²) in [6, 6.07) is 42.4. The number of nitrogens with zero attached hydrogens (tertiary/aromatic N) is 1. The van der Waals surface area contributed by atoms with Gasteiger partial charge in [0, 0.05) is 34.0 Å². The maximum atomic E-state index is 3.82. The molecule has 0 heterocycles. The van der Waals surface area contributed by atoms with Crippen molar-refractivity contribution in [1.82, 2.24) is 0 Å². The second kappa shape index (κ2) is 12.2. The maximum Gasteiger partial charge on any atom is 0.0484 e. The quantitative estimate of drug-likeness (QED) is 0.210. The predicted molar refractivity (Wildman–Crippen MR) is 197 cm³/mol. The summed E-state index contributed by atoms with van der Waals surface area (Å²) in [5.41, 5.74) is 13.4. The zero-order valence-electron chi connectivity index (χ0n) is 28.9. The number of benzene rings is 5. The van der Waals surface area contributed by atoms with Gasteiger partial charge >= 0.3 is 0 Å². The van der Waals surface area contributed by atoms with Gasteiger partial charge in [0.2, 0.25) is 0 Å². The molecular formula is C43H50N2. The van der Waals surface area contributed by atoms with Crippen LogP contribution in [0.3, 0.4) is 0 Å². The first-order valence-electron chi connectivity index (χ1n) is 16.2. The van der Waals surface area contributed by atoms with Gasteiger partial charge in [-0.2, -0.15) is 0 Å². The molecule has 0 unspecified atom stereocenters. The molecule has 0 aliphatic carbocycles. The van der Waals surface area contributed by atoms with Crippen LogP contribution in [-0.4, -0.2) is 0 Å². The Morgan fingerprint density at radius 3 is 1.44 bits per heavy atom. The fourth-order valence-electron chi connectivity index (χ4n) is 5.76. The van der Waals surface area contributed by atoms with E-state index < -0.39 is 0 Å². The molecule has 5 aromatic rings. The zero-order valence-corrected chi connectivity index (χ0v) is 28.9. The van der Waals surface area contributed by atoms with Crippen molar-refractivity contribution in [2.24, 2.45) is 0 Å². The van der Waals surface area contributed by atoms with Crippen LogP contribution in [0.5, 0.6) is 0 Å². The highest BCUT2D eigenvalue weighted by molar-refractivity contribution is 5.84. The second-order valence-electron chi connectivity index (χ2n) is 15.5. The van der Waals surface area contributed by atoms with E-state index in [4.69, 9.17) is 0 Å². The highest BCUT2D eigenvalue weighted by Gasteiger charge is 2.20. The summed E-state index contributed by atoms with van der Waals surface area (Å²) < 4.78 is 0. The lowest BCUT2D eigenvalue weighted by Gasteiger charge is -2.29. The minimum absolute atomic E-state index is 0.0597. The summed E-state index contributed by atoms with van der Waals surface area (Å²) >= 11 is 0. The molecule has 5 rings (SSSR count). The van der Waals surface area contributed by atoms with E-state index in [2.05, 4.69) is 195 Å². The molecule has 0 saturated heterocycles. The molecule has 0 aromatic heterocycles. The van der Waals surface area contributed by atoms with Crippen molar-refractivity contribution >= 4 is 28.4 Å². The van der Waals surface area contributed by atoms with Gasteiger partial charge in [-0.15, -0.1) is 0 Å². The van der Waals surface area contributed by atoms with Crippen LogP contribution < -0.4 is 10.2 Å². The molecule has 0 atom stereocenters. The van der Waals surface area contributed by atoms with Crippen molar-refractivity contribution in [2.45, 2.75) is 85.5 Å². The molecule has 0 aliphatic rings. The third-order valence-electron chi connectivity index (χ3n) is 8.55. The average Bonchev–Trinajstić information content (AvgIpc) is 2.97. The SMILES string of the molecule is Cc1cc(Nc2ccc(C(C)(C)C)cc2-c2ccccc2)cc(N(c2ccc(C(C)(C)C)cc2)c2ccc(C(C)(C)C)cc2)c1. The van der Waals surface area contributed by atoms with Gasteiger partial charge in [-0.05, 0) is 106 Å². The van der Waals surface area contributed by atoms with E-state index in [0.717, 1.165) is 28.4 Å². The van der Waals surface area contributed by atoms with Gasteiger partial charge in [0.05, 0.1) is 0 Å². The summed E-state index contributed by atoms with van der Waals surface area (Å²) in [6.45, 7) is 22.6. The molecule has 0 bridgehead atoms. The predicted octanol–water partition coefficient (Wildman–Crippen LogP) is 12.8. The summed E-state index contributed by atoms with van der Waals surface area (Å²) in [6.07, 6.45) is 0. The van der Waals surface area contributed by atoms with Crippen LogP contribution in [0.1, 0.15) is 84.6 Å². The van der Waals surface area contributed by atoms with Crippen LogP contribution >= 0.6 is 0 Å². The topological polar surface area (TPSA) is 15.3 Å². The fraction of sp³-hybridized carbons (Fsp3) is 0.302. The number of hydrogen-bond donors (Lipinski definition) is 1. The van der Waals surface area contributed by atoms with E-state index in [-0.39, 0.29) is 16.2 Å². The second-order valence-corrected chi connectivity index (χ2v) is 15.5. The van der Waals surface area contributed by atoms with Gasteiger partial charge in [-0.1, -0.05) is 123 Å². The van der Waals surface area contributed by atoms with Crippen LogP contribution in [-0.2, 0) is 16.2 Å². The smallest absolute Gasteiger partial charge is 0.0484 e. The van der Waals surface area contributed by atoms with Crippen LogP contribution in [0.4, 0.5) is 28.4 Å². The Hall–Kier alpha value is -4.30. The fourth-order valence-corrected chi connectivity index (χ4v) is 5.76. The summed E-state index contributed by atoms with van der Waals surface area (Å²) in [5.74, 6) is 0. The summed E-state index contributed by atoms with van der Waals surface area (Å²) in [5, 5.41) is 3.82. The van der Waals surface area contributed by atoms with Gasteiger partial charge in [0.15, 0.2) is 0 Å². The highest BCUT2D eigenvalue weighted by Crippen LogP contribution is 2.40. The molecule has 2 nitrogen and oxygen atoms in total. The first-order chi connectivity index (χ1) is 21.1. The zero-order chi connectivity index (χ0) is 32.6. The van der Waals surface area contributed by atoms with Crippen LogP contribution in [0.15, 0.2) is 115 Å². The first-order valence-corrected chi connectivity index (χ1v) is 16.2. The van der Waals surface area contributed by atoms with E-state index in [9.17, 15) is 0 Å². The lowest BCUT2D eigenvalue weighted by Crippen LogP contribution is -2.14. The third kappa shape index (κ3) is 7.51. The highest BCUT2D eigenvalue weighted by atomic mass is 15.1. The number of nitrogens with one attached hydrogen (secondary N) is 1. The maximum absolute atomic E-state index is 3.82. The Balaban J connectivity index is 1.61. The van der Waals surface area contributed by atoms with Crippen LogP contribution in [0, 0.1) is 6.92 Å². The molecule has 5 aromatic carbocycles. The van der Waals surface area contributed by atoms with E-state index in [1.165, 1.54) is 33.4 Å². The van der Waals surface area contributed by atoms with Crippen molar-refractivity contribution in [1.29, 1.82) is 0 Å². The third-order valence-corrected chi connectivity index (χ3v) is 8.55. The van der Waals surface area contributed by atoms with Crippen molar-refractivity contribution in [3.63, 3.8) is 0 Å². The molecule has 0 spiro atoms. The standard InChI is InChI=1S/C43H50N2/c1-30-26-35(44-40-25-20-34(43(8,9)10)28-39(40)31-14-12-11-13-15-31)29-38(27-30)45(36-21-16-32(17-22-36)41(2,3)4)37-23-18-33(19-24-37)42(5,6)7/h11-29,44H,1-10H3. The van der Waals surface area contributed by atoms with Crippen LogP contribution in [0.25, 0.3) is 11.1 Å². The normalized spacial score (nSPS) is 12.2. The van der Waals surface area contributed by atoms with Crippen molar-refractivity contribution in [3.05, 3.63) is 138 Å². The molecule has 0 fully saturated rings. The first kappa shape index (κ1) is 32.1. The molecule has 0 amide bonds. The van der Waals surface area contributed by atoms with E-state index in [1.54, 1.807) is 0 Å². The molecule has 1 N–H and O–H groups in total. The van der Waals surface area contributed by atoms with Gasteiger partial charge in [0.25, 0.3) is 0 Å². The van der Waals surface area contributed by atoms with Crippen LogP contribution in [0.2, 0.25) is 0 Å². The van der Waals surface area contributed by atoms with E-state index in [1.807, 2.05) is 0 Å². The van der Waals surface area contributed by atoms with E-state index in [0.29, 0.717) is 0 Å². The summed E-state index contributed by atoms with van der Waals surface area (Å²) in [7, 11) is 0.